The van der Waals surface area contributed by atoms with Gasteiger partial charge in [0, 0.05) is 18.7 Å². The molecular weight excluding hydrogens is 246 g/mol. The lowest BCUT2D eigenvalue weighted by Crippen LogP contribution is -2.51. The maximum atomic E-state index is 11.8. The van der Waals surface area contributed by atoms with E-state index in [4.69, 9.17) is 10.5 Å². The Bertz CT molecular complexity index is 470. The summed E-state index contributed by atoms with van der Waals surface area (Å²) in [5, 5.41) is 5.87. The Balaban J connectivity index is 1.89. The van der Waals surface area contributed by atoms with Crippen LogP contribution in [0.3, 0.4) is 0 Å². The van der Waals surface area contributed by atoms with Gasteiger partial charge in [-0.25, -0.2) is 0 Å². The van der Waals surface area contributed by atoms with E-state index in [1.807, 2.05) is 6.07 Å². The van der Waals surface area contributed by atoms with Crippen LogP contribution in [0.5, 0.6) is 0 Å². The molecule has 1 aliphatic rings. The first-order valence-electron chi connectivity index (χ1n) is 6.14. The van der Waals surface area contributed by atoms with Crippen LogP contribution in [0.15, 0.2) is 24.3 Å². The number of morpholine rings is 1. The third-order valence-electron chi connectivity index (χ3n) is 2.92. The van der Waals surface area contributed by atoms with Gasteiger partial charge in [-0.3, -0.25) is 9.59 Å². The van der Waals surface area contributed by atoms with E-state index in [1.54, 1.807) is 18.2 Å². The molecule has 4 N–H and O–H groups in total. The summed E-state index contributed by atoms with van der Waals surface area (Å²) in [6.45, 7) is 2.05. The van der Waals surface area contributed by atoms with Crippen LogP contribution >= 0.6 is 0 Å². The number of hydrogen-bond acceptors (Lipinski definition) is 4. The highest BCUT2D eigenvalue weighted by molar-refractivity contribution is 5.92. The third kappa shape index (κ3) is 3.77. The molecule has 1 unspecified atom stereocenters. The lowest BCUT2D eigenvalue weighted by Gasteiger charge is -2.22. The zero-order valence-corrected chi connectivity index (χ0v) is 10.5. The van der Waals surface area contributed by atoms with Crippen LogP contribution in [-0.2, 0) is 16.1 Å². The summed E-state index contributed by atoms with van der Waals surface area (Å²) in [4.78, 5) is 22.9. The van der Waals surface area contributed by atoms with E-state index in [0.717, 1.165) is 5.56 Å². The van der Waals surface area contributed by atoms with E-state index < -0.39 is 5.91 Å². The molecule has 0 spiro atoms. The van der Waals surface area contributed by atoms with Gasteiger partial charge in [0.1, 0.15) is 6.04 Å². The number of carbonyl (C=O) groups is 2. The van der Waals surface area contributed by atoms with Crippen molar-refractivity contribution in [3.63, 3.8) is 0 Å². The Hall–Kier alpha value is -1.92. The van der Waals surface area contributed by atoms with Gasteiger partial charge in [0.2, 0.25) is 11.8 Å². The van der Waals surface area contributed by atoms with Gasteiger partial charge in [-0.05, 0) is 17.7 Å². The van der Waals surface area contributed by atoms with Gasteiger partial charge >= 0.3 is 0 Å². The van der Waals surface area contributed by atoms with Crippen molar-refractivity contribution < 1.29 is 14.3 Å². The Morgan fingerprint density at radius 3 is 3.00 bits per heavy atom. The summed E-state index contributed by atoms with van der Waals surface area (Å²) in [5.74, 6) is -0.584. The van der Waals surface area contributed by atoms with Crippen molar-refractivity contribution >= 4 is 11.8 Å². The first-order chi connectivity index (χ1) is 9.16. The highest BCUT2D eigenvalue weighted by Crippen LogP contribution is 2.04. The number of hydrogen-bond donors (Lipinski definition) is 3. The number of nitrogens with two attached hydrogens (primary N) is 1. The van der Waals surface area contributed by atoms with Crippen LogP contribution < -0.4 is 16.4 Å². The quantitative estimate of drug-likeness (QED) is 0.675. The SMILES string of the molecule is NC(=O)c1cccc(CNC(=O)C2COCCN2)c1. The first kappa shape index (κ1) is 13.5. The minimum absolute atomic E-state index is 0.107. The molecule has 0 saturated carbocycles. The molecular formula is C13H17N3O3. The maximum absolute atomic E-state index is 11.8. The second-order valence-corrected chi connectivity index (χ2v) is 4.36. The fourth-order valence-corrected chi connectivity index (χ4v) is 1.88. The van der Waals surface area contributed by atoms with Gasteiger partial charge in [0.25, 0.3) is 0 Å². The molecule has 6 nitrogen and oxygen atoms in total. The molecule has 2 amide bonds. The molecule has 1 aromatic rings. The van der Waals surface area contributed by atoms with Gasteiger partial charge < -0.3 is 21.1 Å². The van der Waals surface area contributed by atoms with Gasteiger partial charge in [0.15, 0.2) is 0 Å². The minimum Gasteiger partial charge on any atom is -0.378 e. The fourth-order valence-electron chi connectivity index (χ4n) is 1.88. The summed E-state index contributed by atoms with van der Waals surface area (Å²) in [6.07, 6.45) is 0. The second-order valence-electron chi connectivity index (χ2n) is 4.36. The smallest absolute Gasteiger partial charge is 0.248 e. The molecule has 1 fully saturated rings. The van der Waals surface area contributed by atoms with Crippen LogP contribution in [0.1, 0.15) is 15.9 Å². The van der Waals surface area contributed by atoms with Gasteiger partial charge in [-0.15, -0.1) is 0 Å². The number of primary amides is 1. The third-order valence-corrected chi connectivity index (χ3v) is 2.92. The summed E-state index contributed by atoms with van der Waals surface area (Å²) in [6, 6.07) is 6.58. The number of carbonyl (C=O) groups excluding carboxylic acids is 2. The highest BCUT2D eigenvalue weighted by Gasteiger charge is 2.20. The predicted octanol–water partition coefficient (Wildman–Crippen LogP) is -0.610. The van der Waals surface area contributed by atoms with Crippen LogP contribution in [0, 0.1) is 0 Å². The number of nitrogens with one attached hydrogen (secondary N) is 2. The number of rotatable bonds is 4. The Labute approximate surface area is 111 Å². The lowest BCUT2D eigenvalue weighted by molar-refractivity contribution is -0.126. The molecule has 0 aromatic heterocycles. The highest BCUT2D eigenvalue weighted by atomic mass is 16.5. The molecule has 1 saturated heterocycles. The zero-order valence-electron chi connectivity index (χ0n) is 10.5. The average Bonchev–Trinajstić information content (AvgIpc) is 2.46. The number of ether oxygens (including phenoxy) is 1. The van der Waals surface area contributed by atoms with Crippen molar-refractivity contribution in [3.8, 4) is 0 Å². The Morgan fingerprint density at radius 2 is 2.32 bits per heavy atom. The number of benzene rings is 1. The van der Waals surface area contributed by atoms with E-state index >= 15 is 0 Å². The van der Waals surface area contributed by atoms with Crippen molar-refractivity contribution in [1.29, 1.82) is 0 Å². The summed E-state index contributed by atoms with van der Waals surface area (Å²) in [5.41, 5.74) is 6.47. The molecule has 1 aliphatic heterocycles. The van der Waals surface area contributed by atoms with Crippen LogP contribution in [0.4, 0.5) is 0 Å². The standard InChI is InChI=1S/C13H17N3O3/c14-12(17)10-3-1-2-9(6-10)7-16-13(18)11-8-19-5-4-15-11/h1-3,6,11,15H,4-5,7-8H2,(H2,14,17)(H,16,18). The normalized spacial score (nSPS) is 18.8. The first-order valence-corrected chi connectivity index (χ1v) is 6.14. The largest absolute Gasteiger partial charge is 0.378 e. The molecule has 2 rings (SSSR count). The van der Waals surface area contributed by atoms with Crippen molar-refractivity contribution in [2.24, 2.45) is 5.73 Å². The van der Waals surface area contributed by atoms with Crippen LogP contribution in [0.25, 0.3) is 0 Å². The van der Waals surface area contributed by atoms with E-state index in [2.05, 4.69) is 10.6 Å². The minimum atomic E-state index is -0.476. The molecule has 0 aliphatic carbocycles. The fraction of sp³-hybridized carbons (Fsp3) is 0.385. The van der Waals surface area contributed by atoms with Gasteiger partial charge in [-0.2, -0.15) is 0 Å². The number of amides is 2. The van der Waals surface area contributed by atoms with Crippen LogP contribution in [-0.4, -0.2) is 37.6 Å². The van der Waals surface area contributed by atoms with Gasteiger partial charge in [-0.1, -0.05) is 12.1 Å². The molecule has 1 aromatic carbocycles. The van der Waals surface area contributed by atoms with Crippen molar-refractivity contribution in [2.45, 2.75) is 12.6 Å². The van der Waals surface area contributed by atoms with Crippen molar-refractivity contribution in [2.75, 3.05) is 19.8 Å². The van der Waals surface area contributed by atoms with Crippen LogP contribution in [0.2, 0.25) is 0 Å². The van der Waals surface area contributed by atoms with Crippen molar-refractivity contribution in [1.82, 2.24) is 10.6 Å². The van der Waals surface area contributed by atoms with E-state index in [9.17, 15) is 9.59 Å². The van der Waals surface area contributed by atoms with E-state index in [0.29, 0.717) is 31.9 Å². The predicted molar refractivity (Wildman–Crippen MR) is 69.4 cm³/mol. The van der Waals surface area contributed by atoms with Gasteiger partial charge in [0.05, 0.1) is 13.2 Å². The topological polar surface area (TPSA) is 93.5 Å². The molecule has 1 heterocycles. The molecule has 102 valence electrons. The zero-order chi connectivity index (χ0) is 13.7. The van der Waals surface area contributed by atoms with E-state index in [-0.39, 0.29) is 11.9 Å². The summed E-state index contributed by atoms with van der Waals surface area (Å²) in [7, 11) is 0. The summed E-state index contributed by atoms with van der Waals surface area (Å²) >= 11 is 0. The monoisotopic (exact) mass is 263 g/mol. The molecule has 19 heavy (non-hydrogen) atoms. The molecule has 0 radical (unpaired) electrons. The molecule has 1 atom stereocenters. The Kier molecular flexibility index (Phi) is 4.48. The molecule has 6 heteroatoms. The van der Waals surface area contributed by atoms with E-state index in [1.165, 1.54) is 0 Å². The summed E-state index contributed by atoms with van der Waals surface area (Å²) < 4.78 is 5.22. The second kappa shape index (κ2) is 6.31. The lowest BCUT2D eigenvalue weighted by atomic mass is 10.1. The molecule has 0 bridgehead atoms. The van der Waals surface area contributed by atoms with Crippen molar-refractivity contribution in [3.05, 3.63) is 35.4 Å². The maximum Gasteiger partial charge on any atom is 0.248 e. The Morgan fingerprint density at radius 1 is 1.47 bits per heavy atom. The average molecular weight is 263 g/mol.